The van der Waals surface area contributed by atoms with Crippen LogP contribution in [-0.2, 0) is 11.2 Å². The van der Waals surface area contributed by atoms with Crippen molar-refractivity contribution in [1.82, 2.24) is 0 Å². The molecule has 1 aliphatic heterocycles. The van der Waals surface area contributed by atoms with Crippen molar-refractivity contribution in [2.24, 2.45) is 17.4 Å². The molecule has 1 saturated carbocycles. The van der Waals surface area contributed by atoms with Crippen molar-refractivity contribution in [3.8, 4) is 0 Å². The Balaban J connectivity index is 1.83. The Labute approximate surface area is 113 Å². The number of carbonyl (C=O) groups is 1. The third-order valence-corrected chi connectivity index (χ3v) is 4.55. The third-order valence-electron chi connectivity index (χ3n) is 4.55. The van der Waals surface area contributed by atoms with E-state index in [1.54, 1.807) is 4.90 Å². The summed E-state index contributed by atoms with van der Waals surface area (Å²) in [6.07, 6.45) is 3.47. The Kier molecular flexibility index (Phi) is 3.07. The van der Waals surface area contributed by atoms with Crippen LogP contribution in [0.25, 0.3) is 0 Å². The summed E-state index contributed by atoms with van der Waals surface area (Å²) in [7, 11) is 1.84. The van der Waals surface area contributed by atoms with Gasteiger partial charge in [-0.25, -0.2) is 0 Å². The number of hydrogen-bond donors (Lipinski definition) is 2. The minimum absolute atomic E-state index is 0.0769. The molecule has 1 aliphatic carbocycles. The first-order valence-electron chi connectivity index (χ1n) is 6.97. The summed E-state index contributed by atoms with van der Waals surface area (Å²) in [5.74, 6) is 0.700. The highest BCUT2D eigenvalue weighted by molar-refractivity contribution is 5.95. The Hall–Kier alpha value is -1.39. The third kappa shape index (κ3) is 2.15. The predicted molar refractivity (Wildman–Crippen MR) is 75.8 cm³/mol. The minimum Gasteiger partial charge on any atom is -0.328 e. The molecule has 1 heterocycles. The number of anilines is 1. The molecule has 1 aromatic carbocycles. The Morgan fingerprint density at radius 3 is 2.74 bits per heavy atom. The molecule has 3 rings (SSSR count). The summed E-state index contributed by atoms with van der Waals surface area (Å²) >= 11 is 0. The van der Waals surface area contributed by atoms with E-state index in [2.05, 4.69) is 12.1 Å². The van der Waals surface area contributed by atoms with E-state index in [9.17, 15) is 4.79 Å². The monoisotopic (exact) mass is 259 g/mol. The van der Waals surface area contributed by atoms with E-state index in [1.165, 1.54) is 11.1 Å². The average Bonchev–Trinajstić information content (AvgIpc) is 2.38. The molecular formula is C15H21N3O. The summed E-state index contributed by atoms with van der Waals surface area (Å²) in [5.41, 5.74) is 15.6. The highest BCUT2D eigenvalue weighted by Crippen LogP contribution is 2.37. The van der Waals surface area contributed by atoms with Crippen LogP contribution in [0.15, 0.2) is 18.2 Å². The molecule has 4 heteroatoms. The summed E-state index contributed by atoms with van der Waals surface area (Å²) in [4.78, 5) is 13.4. The van der Waals surface area contributed by atoms with Crippen LogP contribution in [-0.4, -0.2) is 19.0 Å². The van der Waals surface area contributed by atoms with Gasteiger partial charge in [0.1, 0.15) is 0 Å². The van der Waals surface area contributed by atoms with E-state index < -0.39 is 0 Å². The molecule has 0 radical (unpaired) electrons. The Morgan fingerprint density at radius 2 is 2.05 bits per heavy atom. The molecule has 2 aliphatic rings. The number of rotatable bonds is 2. The highest BCUT2D eigenvalue weighted by atomic mass is 16.2. The van der Waals surface area contributed by atoms with E-state index in [-0.39, 0.29) is 11.9 Å². The Bertz CT molecular complexity index is 508. The van der Waals surface area contributed by atoms with Gasteiger partial charge in [-0.1, -0.05) is 12.1 Å². The Morgan fingerprint density at radius 1 is 1.32 bits per heavy atom. The second-order valence-corrected chi connectivity index (χ2v) is 5.86. The molecule has 4 N–H and O–H groups in total. The number of aryl methyl sites for hydroxylation is 1. The van der Waals surface area contributed by atoms with Crippen LogP contribution in [0.3, 0.4) is 0 Å². The smallest absolute Gasteiger partial charge is 0.227 e. The lowest BCUT2D eigenvalue weighted by atomic mass is 9.74. The van der Waals surface area contributed by atoms with Gasteiger partial charge in [-0.15, -0.1) is 0 Å². The van der Waals surface area contributed by atoms with Crippen LogP contribution in [0.1, 0.15) is 36.4 Å². The molecule has 4 nitrogen and oxygen atoms in total. The van der Waals surface area contributed by atoms with E-state index >= 15 is 0 Å². The number of fused-ring (bicyclic) bond motifs is 1. The van der Waals surface area contributed by atoms with Crippen LogP contribution >= 0.6 is 0 Å². The van der Waals surface area contributed by atoms with Gasteiger partial charge in [-0.05, 0) is 42.4 Å². The van der Waals surface area contributed by atoms with Crippen molar-refractivity contribution in [2.45, 2.75) is 37.8 Å². The topological polar surface area (TPSA) is 72.3 Å². The minimum atomic E-state index is 0.0769. The molecule has 1 amide bonds. The van der Waals surface area contributed by atoms with Gasteiger partial charge in [-0.2, -0.15) is 0 Å². The van der Waals surface area contributed by atoms with Crippen LogP contribution in [0.2, 0.25) is 0 Å². The van der Waals surface area contributed by atoms with Crippen molar-refractivity contribution in [1.29, 1.82) is 0 Å². The number of benzene rings is 1. The van der Waals surface area contributed by atoms with E-state index in [4.69, 9.17) is 11.5 Å². The standard InChI is InChI=1S/C15H21N3O/c1-18-13-4-2-10(6-9(13)3-5-14(18)19)15(17)11-7-12(16)8-11/h2,4,6,11-12,15H,3,5,7-8,16-17H2,1H3. The first kappa shape index (κ1) is 12.6. The predicted octanol–water partition coefficient (Wildman–Crippen LogP) is 1.33. The molecule has 1 fully saturated rings. The second kappa shape index (κ2) is 4.62. The van der Waals surface area contributed by atoms with Crippen molar-refractivity contribution < 1.29 is 4.79 Å². The van der Waals surface area contributed by atoms with E-state index in [0.717, 1.165) is 24.9 Å². The zero-order valence-electron chi connectivity index (χ0n) is 11.3. The van der Waals surface area contributed by atoms with Gasteiger partial charge in [0.15, 0.2) is 0 Å². The van der Waals surface area contributed by atoms with Crippen molar-refractivity contribution >= 4 is 11.6 Å². The van der Waals surface area contributed by atoms with Crippen LogP contribution in [0.4, 0.5) is 5.69 Å². The van der Waals surface area contributed by atoms with E-state index in [1.807, 2.05) is 13.1 Å². The van der Waals surface area contributed by atoms with Gasteiger partial charge < -0.3 is 16.4 Å². The van der Waals surface area contributed by atoms with Crippen molar-refractivity contribution in [3.63, 3.8) is 0 Å². The van der Waals surface area contributed by atoms with Gasteiger partial charge in [0.25, 0.3) is 0 Å². The maximum absolute atomic E-state index is 11.7. The average molecular weight is 259 g/mol. The fourth-order valence-corrected chi connectivity index (χ4v) is 3.16. The fraction of sp³-hybridized carbons (Fsp3) is 0.533. The van der Waals surface area contributed by atoms with Crippen LogP contribution in [0.5, 0.6) is 0 Å². The normalized spacial score (nSPS) is 27.7. The molecule has 0 aromatic heterocycles. The first-order valence-corrected chi connectivity index (χ1v) is 6.97. The molecule has 19 heavy (non-hydrogen) atoms. The van der Waals surface area contributed by atoms with Crippen molar-refractivity contribution in [3.05, 3.63) is 29.3 Å². The molecule has 0 bridgehead atoms. The maximum Gasteiger partial charge on any atom is 0.227 e. The summed E-state index contributed by atoms with van der Waals surface area (Å²) in [6.45, 7) is 0. The van der Waals surface area contributed by atoms with Gasteiger partial charge in [0, 0.05) is 31.2 Å². The van der Waals surface area contributed by atoms with E-state index in [0.29, 0.717) is 18.4 Å². The highest BCUT2D eigenvalue weighted by Gasteiger charge is 2.32. The summed E-state index contributed by atoms with van der Waals surface area (Å²) in [6, 6.07) is 6.67. The van der Waals surface area contributed by atoms with Gasteiger partial charge in [0.2, 0.25) is 5.91 Å². The number of nitrogens with two attached hydrogens (primary N) is 2. The number of amides is 1. The van der Waals surface area contributed by atoms with Crippen LogP contribution in [0, 0.1) is 5.92 Å². The lowest BCUT2D eigenvalue weighted by molar-refractivity contribution is -0.118. The van der Waals surface area contributed by atoms with Gasteiger partial charge in [0.05, 0.1) is 0 Å². The molecule has 0 spiro atoms. The molecular weight excluding hydrogens is 238 g/mol. The first-order chi connectivity index (χ1) is 9.06. The maximum atomic E-state index is 11.7. The SMILES string of the molecule is CN1C(=O)CCc2cc(C(N)C3CC(N)C3)ccc21. The summed E-state index contributed by atoms with van der Waals surface area (Å²) < 4.78 is 0. The zero-order valence-corrected chi connectivity index (χ0v) is 11.3. The van der Waals surface area contributed by atoms with Gasteiger partial charge >= 0.3 is 0 Å². The quantitative estimate of drug-likeness (QED) is 0.841. The second-order valence-electron chi connectivity index (χ2n) is 5.86. The zero-order chi connectivity index (χ0) is 13.6. The summed E-state index contributed by atoms with van der Waals surface area (Å²) in [5, 5.41) is 0. The molecule has 1 aromatic rings. The number of nitrogens with zero attached hydrogens (tertiary/aromatic N) is 1. The number of hydrogen-bond acceptors (Lipinski definition) is 3. The van der Waals surface area contributed by atoms with Gasteiger partial charge in [-0.3, -0.25) is 4.79 Å². The number of carbonyl (C=O) groups excluding carboxylic acids is 1. The lowest BCUT2D eigenvalue weighted by Crippen LogP contribution is -2.41. The van der Waals surface area contributed by atoms with Crippen LogP contribution < -0.4 is 16.4 Å². The lowest BCUT2D eigenvalue weighted by Gasteiger charge is -2.37. The van der Waals surface area contributed by atoms with Crippen molar-refractivity contribution in [2.75, 3.05) is 11.9 Å². The fourth-order valence-electron chi connectivity index (χ4n) is 3.16. The molecule has 0 saturated heterocycles. The molecule has 102 valence electrons. The molecule has 1 unspecified atom stereocenters. The molecule has 1 atom stereocenters. The largest absolute Gasteiger partial charge is 0.328 e.